The minimum Gasteiger partial charge on any atom is -0.388 e. The second-order valence-electron chi connectivity index (χ2n) is 2.38. The highest BCUT2D eigenvalue weighted by molar-refractivity contribution is 5.36. The van der Waals surface area contributed by atoms with E-state index in [4.69, 9.17) is 5.11 Å². The van der Waals surface area contributed by atoms with Gasteiger partial charge in [-0.15, -0.1) is 0 Å². The molecule has 0 amide bonds. The van der Waals surface area contributed by atoms with Crippen LogP contribution in [-0.2, 0) is 6.61 Å². The Bertz CT molecular complexity index is 457. The van der Waals surface area contributed by atoms with Crippen LogP contribution < -0.4 is 5.56 Å². The van der Waals surface area contributed by atoms with Crippen LogP contribution in [0.25, 0.3) is 5.65 Å². The van der Waals surface area contributed by atoms with Crippen molar-refractivity contribution in [2.24, 2.45) is 0 Å². The van der Waals surface area contributed by atoms with Gasteiger partial charge in [0.05, 0.1) is 0 Å². The van der Waals surface area contributed by atoms with E-state index >= 15 is 0 Å². The molecule has 2 aromatic heterocycles. The fraction of sp³-hybridized carbons (Fsp3) is 0.143. The molecule has 2 rings (SSSR count). The molecule has 0 saturated heterocycles. The number of hydrogen-bond donors (Lipinski definition) is 2. The molecule has 0 saturated carbocycles. The minimum absolute atomic E-state index is 0.190. The Morgan fingerprint density at radius 3 is 3.17 bits per heavy atom. The number of nitrogens with one attached hydrogen (secondary N) is 1. The summed E-state index contributed by atoms with van der Waals surface area (Å²) in [7, 11) is 0. The fourth-order valence-electron chi connectivity index (χ4n) is 1.12. The molecule has 62 valence electrons. The second-order valence-corrected chi connectivity index (χ2v) is 2.38. The summed E-state index contributed by atoms with van der Waals surface area (Å²) in [6.45, 7) is -0.246. The largest absolute Gasteiger partial charge is 0.388 e. The van der Waals surface area contributed by atoms with Crippen molar-refractivity contribution in [3.8, 4) is 0 Å². The molecule has 2 N–H and O–H groups in total. The van der Waals surface area contributed by atoms with Gasteiger partial charge in [-0.2, -0.15) is 5.10 Å². The molecular weight excluding hydrogens is 158 g/mol. The van der Waals surface area contributed by atoms with Crippen molar-refractivity contribution in [1.82, 2.24) is 14.6 Å². The summed E-state index contributed by atoms with van der Waals surface area (Å²) in [6.07, 6.45) is 0. The van der Waals surface area contributed by atoms with E-state index in [1.165, 1.54) is 10.5 Å². The highest BCUT2D eigenvalue weighted by Gasteiger charge is 2.03. The summed E-state index contributed by atoms with van der Waals surface area (Å²) in [6, 6.07) is 4.77. The van der Waals surface area contributed by atoms with Gasteiger partial charge >= 0.3 is 0 Å². The minimum atomic E-state index is -0.246. The second kappa shape index (κ2) is 2.46. The number of H-pyrrole nitrogens is 1. The van der Waals surface area contributed by atoms with Gasteiger partial charge in [0.2, 0.25) is 0 Å². The predicted molar refractivity (Wildman–Crippen MR) is 41.7 cm³/mol. The lowest BCUT2D eigenvalue weighted by Gasteiger charge is -1.91. The van der Waals surface area contributed by atoms with E-state index in [0.29, 0.717) is 11.5 Å². The standard InChI is InChI=1S/C7H7N3O2/c11-4-6-9-8-5-2-1-3-7(12)10(5)6/h1-3,8,11H,4H2. The van der Waals surface area contributed by atoms with Crippen LogP contribution in [-0.4, -0.2) is 19.7 Å². The Morgan fingerprint density at radius 1 is 1.58 bits per heavy atom. The van der Waals surface area contributed by atoms with Crippen LogP contribution in [0.2, 0.25) is 0 Å². The van der Waals surface area contributed by atoms with Crippen molar-refractivity contribution in [3.63, 3.8) is 0 Å². The summed E-state index contributed by atoms with van der Waals surface area (Å²) in [5.41, 5.74) is 0.400. The molecule has 0 spiro atoms. The average Bonchev–Trinajstić information content (AvgIpc) is 2.49. The fourth-order valence-corrected chi connectivity index (χ4v) is 1.12. The van der Waals surface area contributed by atoms with Crippen LogP contribution in [0.1, 0.15) is 5.82 Å². The quantitative estimate of drug-likeness (QED) is 0.599. The molecule has 0 aliphatic carbocycles. The number of rotatable bonds is 1. The Labute approximate surface area is 67.3 Å². The first kappa shape index (κ1) is 7.05. The molecule has 0 bridgehead atoms. The number of aliphatic hydroxyl groups is 1. The number of pyridine rings is 1. The topological polar surface area (TPSA) is 70.4 Å². The summed E-state index contributed by atoms with van der Waals surface area (Å²) in [5.74, 6) is 0.329. The molecule has 0 fully saturated rings. The lowest BCUT2D eigenvalue weighted by molar-refractivity contribution is 0.269. The summed E-state index contributed by atoms with van der Waals surface area (Å²) >= 11 is 0. The van der Waals surface area contributed by atoms with Crippen LogP contribution in [0.15, 0.2) is 23.0 Å². The van der Waals surface area contributed by atoms with Crippen molar-refractivity contribution in [2.45, 2.75) is 6.61 Å². The van der Waals surface area contributed by atoms with Gasteiger partial charge in [-0.25, -0.2) is 4.40 Å². The van der Waals surface area contributed by atoms with E-state index in [9.17, 15) is 4.79 Å². The average molecular weight is 165 g/mol. The number of aromatic amines is 1. The van der Waals surface area contributed by atoms with Crippen molar-refractivity contribution in [2.75, 3.05) is 0 Å². The highest BCUT2D eigenvalue weighted by atomic mass is 16.3. The zero-order chi connectivity index (χ0) is 8.55. The first-order valence-corrected chi connectivity index (χ1v) is 3.49. The Morgan fingerprint density at radius 2 is 2.42 bits per heavy atom. The first-order valence-electron chi connectivity index (χ1n) is 3.49. The number of aromatic nitrogens is 3. The normalized spacial score (nSPS) is 10.8. The van der Waals surface area contributed by atoms with Crippen molar-refractivity contribution >= 4 is 5.65 Å². The SMILES string of the molecule is O=c1cccc2[nH]nc(CO)n12. The smallest absolute Gasteiger partial charge is 0.257 e. The molecule has 2 heterocycles. The zero-order valence-electron chi connectivity index (χ0n) is 6.19. The van der Waals surface area contributed by atoms with Crippen LogP contribution in [0.5, 0.6) is 0 Å². The molecule has 0 aliphatic heterocycles. The molecule has 0 radical (unpaired) electrons. The van der Waals surface area contributed by atoms with Gasteiger partial charge in [-0.1, -0.05) is 6.07 Å². The molecule has 0 unspecified atom stereocenters. The van der Waals surface area contributed by atoms with E-state index < -0.39 is 0 Å². The van der Waals surface area contributed by atoms with Crippen molar-refractivity contribution in [1.29, 1.82) is 0 Å². The maximum absolute atomic E-state index is 11.2. The van der Waals surface area contributed by atoms with Gasteiger partial charge in [0, 0.05) is 6.07 Å². The molecule has 5 nitrogen and oxygen atoms in total. The lowest BCUT2D eigenvalue weighted by Crippen LogP contribution is -2.13. The maximum Gasteiger partial charge on any atom is 0.257 e. The van der Waals surface area contributed by atoms with E-state index in [1.54, 1.807) is 12.1 Å². The lowest BCUT2D eigenvalue weighted by atomic mass is 10.4. The van der Waals surface area contributed by atoms with E-state index in [1.807, 2.05) is 0 Å². The third-order valence-corrected chi connectivity index (χ3v) is 1.65. The molecule has 12 heavy (non-hydrogen) atoms. The monoisotopic (exact) mass is 165 g/mol. The third-order valence-electron chi connectivity index (χ3n) is 1.65. The van der Waals surface area contributed by atoms with Crippen molar-refractivity contribution < 1.29 is 5.11 Å². The summed E-state index contributed by atoms with van der Waals surface area (Å²) in [5, 5.41) is 15.2. The molecule has 0 aromatic carbocycles. The van der Waals surface area contributed by atoms with Gasteiger partial charge in [0.25, 0.3) is 5.56 Å². The molecular formula is C7H7N3O2. The first-order chi connectivity index (χ1) is 5.83. The Hall–Kier alpha value is -1.62. The number of hydrogen-bond acceptors (Lipinski definition) is 3. The zero-order valence-corrected chi connectivity index (χ0v) is 6.19. The van der Waals surface area contributed by atoms with Crippen molar-refractivity contribution in [3.05, 3.63) is 34.4 Å². The highest BCUT2D eigenvalue weighted by Crippen LogP contribution is 1.97. The summed E-state index contributed by atoms with van der Waals surface area (Å²) in [4.78, 5) is 11.2. The van der Waals surface area contributed by atoms with Gasteiger partial charge in [-0.05, 0) is 6.07 Å². The van der Waals surface area contributed by atoms with E-state index in [2.05, 4.69) is 10.2 Å². The Kier molecular flexibility index (Phi) is 1.44. The number of aliphatic hydroxyl groups excluding tert-OH is 1. The molecule has 5 heteroatoms. The number of nitrogens with zero attached hydrogens (tertiary/aromatic N) is 2. The Balaban J connectivity index is 2.92. The molecule has 0 aliphatic rings. The number of fused-ring (bicyclic) bond motifs is 1. The van der Waals surface area contributed by atoms with E-state index in [0.717, 1.165) is 0 Å². The van der Waals surface area contributed by atoms with Crippen LogP contribution in [0.3, 0.4) is 0 Å². The van der Waals surface area contributed by atoms with Gasteiger partial charge in [0.15, 0.2) is 5.82 Å². The maximum atomic E-state index is 11.2. The van der Waals surface area contributed by atoms with E-state index in [-0.39, 0.29) is 12.2 Å². The summed E-state index contributed by atoms with van der Waals surface area (Å²) < 4.78 is 1.33. The van der Waals surface area contributed by atoms with Crippen LogP contribution in [0.4, 0.5) is 0 Å². The van der Waals surface area contributed by atoms with Gasteiger partial charge < -0.3 is 5.11 Å². The third kappa shape index (κ3) is 0.835. The molecule has 2 aromatic rings. The molecule has 0 atom stereocenters. The van der Waals surface area contributed by atoms with Crippen LogP contribution >= 0.6 is 0 Å². The van der Waals surface area contributed by atoms with Crippen LogP contribution in [0, 0.1) is 0 Å². The van der Waals surface area contributed by atoms with Gasteiger partial charge in [0.1, 0.15) is 12.3 Å². The predicted octanol–water partition coefficient (Wildman–Crippen LogP) is -0.485. The van der Waals surface area contributed by atoms with Gasteiger partial charge in [-0.3, -0.25) is 9.89 Å².